The summed E-state index contributed by atoms with van der Waals surface area (Å²) in [4.78, 5) is 11.6. The van der Waals surface area contributed by atoms with Gasteiger partial charge in [0, 0.05) is 18.7 Å². The number of hydrogen-bond donors (Lipinski definition) is 1. The highest BCUT2D eigenvalue weighted by atomic mass is 16.1. The fourth-order valence-corrected chi connectivity index (χ4v) is 2.53. The Hall–Kier alpha value is -1.16. The largest absolute Gasteiger partial charge is 0.312 e. The molecule has 1 aromatic rings. The Morgan fingerprint density at radius 2 is 2.11 bits per heavy atom. The van der Waals surface area contributed by atoms with Crippen LogP contribution in [0, 0.1) is 12.8 Å². The van der Waals surface area contributed by atoms with Crippen LogP contribution in [-0.4, -0.2) is 22.4 Å². The van der Waals surface area contributed by atoms with Gasteiger partial charge in [-0.3, -0.25) is 4.79 Å². The fraction of sp³-hybridized carbons (Fsp3) is 0.714. The summed E-state index contributed by atoms with van der Waals surface area (Å²) in [6, 6.07) is 2.26. The molecule has 0 spiro atoms. The Morgan fingerprint density at radius 3 is 2.78 bits per heavy atom. The van der Waals surface area contributed by atoms with Gasteiger partial charge in [0.15, 0.2) is 0 Å². The van der Waals surface area contributed by atoms with Gasteiger partial charge in [0.05, 0.1) is 12.7 Å². The van der Waals surface area contributed by atoms with E-state index in [0.717, 1.165) is 18.0 Å². The second-order valence-corrected chi connectivity index (χ2v) is 5.51. The van der Waals surface area contributed by atoms with Gasteiger partial charge in [0.1, 0.15) is 0 Å². The molecule has 0 bridgehead atoms. The molecule has 0 atom stereocenters. The summed E-state index contributed by atoms with van der Waals surface area (Å²) in [6.45, 7) is 5.70. The third-order valence-corrected chi connectivity index (χ3v) is 3.78. The van der Waals surface area contributed by atoms with Crippen molar-refractivity contribution in [1.82, 2.24) is 15.1 Å². The molecule has 0 aromatic carbocycles. The van der Waals surface area contributed by atoms with E-state index >= 15 is 0 Å². The summed E-state index contributed by atoms with van der Waals surface area (Å²) in [7, 11) is 0. The average Bonchev–Trinajstić information content (AvgIpc) is 2.34. The summed E-state index contributed by atoms with van der Waals surface area (Å²) < 4.78 is 1.53. The van der Waals surface area contributed by atoms with Crippen molar-refractivity contribution in [2.75, 3.05) is 6.54 Å². The Bertz CT molecular complexity index is 433. The van der Waals surface area contributed by atoms with Crippen LogP contribution in [0.25, 0.3) is 0 Å². The quantitative estimate of drug-likeness (QED) is 0.884. The molecule has 100 valence electrons. The second kappa shape index (κ2) is 6.14. The van der Waals surface area contributed by atoms with E-state index in [-0.39, 0.29) is 5.56 Å². The molecule has 1 saturated carbocycles. The first-order chi connectivity index (χ1) is 8.65. The summed E-state index contributed by atoms with van der Waals surface area (Å²) >= 11 is 0. The van der Waals surface area contributed by atoms with E-state index in [9.17, 15) is 4.79 Å². The lowest BCUT2D eigenvalue weighted by Crippen LogP contribution is -2.36. The number of aryl methyl sites for hydroxylation is 1. The Kier molecular flexibility index (Phi) is 4.53. The van der Waals surface area contributed by atoms with Gasteiger partial charge in [-0.15, -0.1) is 0 Å². The van der Waals surface area contributed by atoms with Crippen LogP contribution in [0.3, 0.4) is 0 Å². The minimum absolute atomic E-state index is 0.00549. The number of nitrogens with zero attached hydrogens (tertiary/aromatic N) is 2. The summed E-state index contributed by atoms with van der Waals surface area (Å²) in [5.41, 5.74) is 0.916. The van der Waals surface area contributed by atoms with Crippen molar-refractivity contribution in [2.24, 2.45) is 5.92 Å². The molecule has 4 heteroatoms. The molecule has 0 radical (unpaired) electrons. The van der Waals surface area contributed by atoms with Gasteiger partial charge >= 0.3 is 0 Å². The van der Waals surface area contributed by atoms with Crippen LogP contribution in [0.2, 0.25) is 0 Å². The first-order valence-electron chi connectivity index (χ1n) is 6.92. The third-order valence-electron chi connectivity index (χ3n) is 3.78. The highest BCUT2D eigenvalue weighted by Gasteiger charge is 2.17. The Labute approximate surface area is 108 Å². The standard InChI is InChI=1S/C14H23N3O/c1-11-3-5-13(6-4-11)15-7-8-17-14(18)9-12(2)10-16-17/h9-11,13,15H,3-8H2,1-2H3. The van der Waals surface area contributed by atoms with Gasteiger partial charge in [-0.1, -0.05) is 6.92 Å². The highest BCUT2D eigenvalue weighted by molar-refractivity contribution is 5.02. The van der Waals surface area contributed by atoms with E-state index in [1.54, 1.807) is 12.3 Å². The molecule has 0 saturated heterocycles. The molecule has 0 amide bonds. The van der Waals surface area contributed by atoms with E-state index < -0.39 is 0 Å². The molecule has 18 heavy (non-hydrogen) atoms. The topological polar surface area (TPSA) is 46.9 Å². The van der Waals surface area contributed by atoms with E-state index in [1.807, 2.05) is 6.92 Å². The normalized spacial score (nSPS) is 24.1. The van der Waals surface area contributed by atoms with Crippen molar-refractivity contribution in [3.63, 3.8) is 0 Å². The van der Waals surface area contributed by atoms with Crippen molar-refractivity contribution in [3.05, 3.63) is 28.2 Å². The number of rotatable bonds is 4. The molecular formula is C14H23N3O. The predicted molar refractivity (Wildman–Crippen MR) is 72.7 cm³/mol. The monoisotopic (exact) mass is 249 g/mol. The molecule has 2 rings (SSSR count). The molecule has 0 unspecified atom stereocenters. The first-order valence-corrected chi connectivity index (χ1v) is 6.92. The van der Waals surface area contributed by atoms with Crippen LogP contribution in [0.5, 0.6) is 0 Å². The van der Waals surface area contributed by atoms with Gasteiger partial charge in [-0.2, -0.15) is 5.10 Å². The third kappa shape index (κ3) is 3.67. The van der Waals surface area contributed by atoms with Crippen molar-refractivity contribution in [2.45, 2.75) is 52.1 Å². The van der Waals surface area contributed by atoms with Crippen LogP contribution < -0.4 is 10.9 Å². The van der Waals surface area contributed by atoms with Crippen molar-refractivity contribution in [1.29, 1.82) is 0 Å². The number of hydrogen-bond acceptors (Lipinski definition) is 3. The number of aromatic nitrogens is 2. The maximum atomic E-state index is 11.6. The van der Waals surface area contributed by atoms with Gasteiger partial charge in [-0.25, -0.2) is 4.68 Å². The van der Waals surface area contributed by atoms with Gasteiger partial charge in [0.25, 0.3) is 5.56 Å². The molecular weight excluding hydrogens is 226 g/mol. The maximum absolute atomic E-state index is 11.6. The maximum Gasteiger partial charge on any atom is 0.267 e. The second-order valence-electron chi connectivity index (χ2n) is 5.51. The lowest BCUT2D eigenvalue weighted by atomic mass is 9.87. The van der Waals surface area contributed by atoms with Gasteiger partial charge in [0.2, 0.25) is 0 Å². The zero-order chi connectivity index (χ0) is 13.0. The van der Waals surface area contributed by atoms with E-state index in [1.165, 1.54) is 30.4 Å². The van der Waals surface area contributed by atoms with Crippen LogP contribution >= 0.6 is 0 Å². The lowest BCUT2D eigenvalue weighted by Gasteiger charge is -2.27. The van der Waals surface area contributed by atoms with Crippen LogP contribution in [0.1, 0.15) is 38.2 Å². The van der Waals surface area contributed by atoms with Gasteiger partial charge in [-0.05, 0) is 44.1 Å². The fourth-order valence-electron chi connectivity index (χ4n) is 2.53. The number of nitrogens with one attached hydrogen (secondary N) is 1. The molecule has 1 N–H and O–H groups in total. The smallest absolute Gasteiger partial charge is 0.267 e. The zero-order valence-electron chi connectivity index (χ0n) is 11.4. The summed E-state index contributed by atoms with van der Waals surface area (Å²) in [6.07, 6.45) is 6.90. The zero-order valence-corrected chi connectivity index (χ0v) is 11.4. The molecule has 1 aromatic heterocycles. The summed E-state index contributed by atoms with van der Waals surface area (Å²) in [5, 5.41) is 7.67. The van der Waals surface area contributed by atoms with E-state index in [0.29, 0.717) is 12.6 Å². The van der Waals surface area contributed by atoms with Crippen molar-refractivity contribution in [3.8, 4) is 0 Å². The van der Waals surface area contributed by atoms with Crippen molar-refractivity contribution < 1.29 is 0 Å². The van der Waals surface area contributed by atoms with E-state index in [4.69, 9.17) is 0 Å². The summed E-state index contributed by atoms with van der Waals surface area (Å²) in [5.74, 6) is 0.879. The molecule has 1 heterocycles. The molecule has 1 aliphatic rings. The Balaban J connectivity index is 1.76. The molecule has 1 fully saturated rings. The van der Waals surface area contributed by atoms with Crippen molar-refractivity contribution >= 4 is 0 Å². The highest BCUT2D eigenvalue weighted by Crippen LogP contribution is 2.23. The van der Waals surface area contributed by atoms with Gasteiger partial charge < -0.3 is 5.32 Å². The van der Waals surface area contributed by atoms with Crippen LogP contribution in [-0.2, 0) is 6.54 Å². The average molecular weight is 249 g/mol. The minimum atomic E-state index is -0.00549. The Morgan fingerprint density at radius 1 is 1.39 bits per heavy atom. The molecule has 4 nitrogen and oxygen atoms in total. The molecule has 1 aliphatic carbocycles. The first kappa shape index (κ1) is 13.3. The van der Waals surface area contributed by atoms with E-state index in [2.05, 4.69) is 17.3 Å². The van der Waals surface area contributed by atoms with Crippen LogP contribution in [0.4, 0.5) is 0 Å². The van der Waals surface area contributed by atoms with Crippen LogP contribution in [0.15, 0.2) is 17.1 Å². The minimum Gasteiger partial charge on any atom is -0.312 e. The predicted octanol–water partition coefficient (Wildman–Crippen LogP) is 1.72. The molecule has 0 aliphatic heterocycles. The lowest BCUT2D eigenvalue weighted by molar-refractivity contribution is 0.303. The SMILES string of the molecule is Cc1cnn(CCNC2CCC(C)CC2)c(=O)c1.